The molecule has 6 heteroatoms. The molecular weight excluding hydrogens is 264 g/mol. The van der Waals surface area contributed by atoms with Crippen molar-refractivity contribution in [2.45, 2.75) is 13.1 Å². The van der Waals surface area contributed by atoms with Crippen LogP contribution in [0.2, 0.25) is 5.02 Å². The fourth-order valence-corrected chi connectivity index (χ4v) is 1.79. The lowest BCUT2D eigenvalue weighted by Gasteiger charge is -2.01. The largest absolute Gasteiger partial charge is 0.383 e. The fourth-order valence-electron chi connectivity index (χ4n) is 1.66. The third-order valence-electron chi connectivity index (χ3n) is 2.63. The maximum absolute atomic E-state index is 5.85. The van der Waals surface area contributed by atoms with Crippen LogP contribution >= 0.6 is 11.6 Å². The Morgan fingerprint density at radius 1 is 1.32 bits per heavy atom. The van der Waals surface area contributed by atoms with Gasteiger partial charge in [0, 0.05) is 25.2 Å². The van der Waals surface area contributed by atoms with Crippen molar-refractivity contribution in [3.05, 3.63) is 46.7 Å². The van der Waals surface area contributed by atoms with Crippen LogP contribution in [0.3, 0.4) is 0 Å². The third-order valence-corrected chi connectivity index (χ3v) is 2.88. The molecule has 0 saturated carbocycles. The van der Waals surface area contributed by atoms with Gasteiger partial charge in [-0.05, 0) is 17.7 Å². The maximum Gasteiger partial charge on any atom is 0.0964 e. The van der Waals surface area contributed by atoms with E-state index in [1.807, 2.05) is 35.1 Å². The standard InChI is InChI=1S/C13H17ClN4O/c1-19-7-6-15-8-13-10-18(17-16-13)9-11-2-4-12(14)5-3-11/h2-5,10,15H,6-9H2,1H3. The number of hydrogen-bond acceptors (Lipinski definition) is 4. The van der Waals surface area contributed by atoms with Crippen molar-refractivity contribution in [2.24, 2.45) is 0 Å². The minimum absolute atomic E-state index is 0.693. The van der Waals surface area contributed by atoms with Crippen molar-refractivity contribution in [2.75, 3.05) is 20.3 Å². The normalized spacial score (nSPS) is 10.8. The van der Waals surface area contributed by atoms with E-state index in [0.29, 0.717) is 19.7 Å². The molecule has 0 aliphatic heterocycles. The van der Waals surface area contributed by atoms with E-state index >= 15 is 0 Å². The minimum atomic E-state index is 0.693. The quantitative estimate of drug-likeness (QED) is 0.785. The Kier molecular flexibility index (Phi) is 5.32. The summed E-state index contributed by atoms with van der Waals surface area (Å²) < 4.78 is 6.78. The summed E-state index contributed by atoms with van der Waals surface area (Å²) >= 11 is 5.85. The van der Waals surface area contributed by atoms with E-state index in [4.69, 9.17) is 16.3 Å². The summed E-state index contributed by atoms with van der Waals surface area (Å²) in [5.74, 6) is 0. The van der Waals surface area contributed by atoms with Gasteiger partial charge in [-0.1, -0.05) is 28.9 Å². The summed E-state index contributed by atoms with van der Waals surface area (Å²) in [6.07, 6.45) is 1.94. The molecule has 1 N–H and O–H groups in total. The Hall–Kier alpha value is -1.43. The van der Waals surface area contributed by atoms with Crippen molar-refractivity contribution in [3.8, 4) is 0 Å². The van der Waals surface area contributed by atoms with Crippen molar-refractivity contribution in [1.29, 1.82) is 0 Å². The zero-order valence-corrected chi connectivity index (χ0v) is 11.6. The first kappa shape index (κ1) is 14.0. The summed E-state index contributed by atoms with van der Waals surface area (Å²) in [4.78, 5) is 0. The number of methoxy groups -OCH3 is 1. The van der Waals surface area contributed by atoms with Crippen molar-refractivity contribution in [1.82, 2.24) is 20.3 Å². The lowest BCUT2D eigenvalue weighted by Crippen LogP contribution is -2.18. The molecule has 1 heterocycles. The van der Waals surface area contributed by atoms with Crippen LogP contribution < -0.4 is 5.32 Å². The number of hydrogen-bond donors (Lipinski definition) is 1. The minimum Gasteiger partial charge on any atom is -0.383 e. The molecule has 0 atom stereocenters. The van der Waals surface area contributed by atoms with Gasteiger partial charge < -0.3 is 10.1 Å². The molecule has 19 heavy (non-hydrogen) atoms. The average Bonchev–Trinajstić information content (AvgIpc) is 2.85. The Balaban J connectivity index is 1.85. The van der Waals surface area contributed by atoms with Crippen molar-refractivity contribution in [3.63, 3.8) is 0 Å². The molecule has 0 fully saturated rings. The molecule has 0 aliphatic rings. The van der Waals surface area contributed by atoms with Gasteiger partial charge in [-0.3, -0.25) is 0 Å². The van der Waals surface area contributed by atoms with Crippen LogP contribution in [0.25, 0.3) is 0 Å². The highest BCUT2D eigenvalue weighted by molar-refractivity contribution is 6.30. The van der Waals surface area contributed by atoms with Crippen LogP contribution in [0.15, 0.2) is 30.5 Å². The molecule has 1 aromatic carbocycles. The fraction of sp³-hybridized carbons (Fsp3) is 0.385. The van der Waals surface area contributed by atoms with E-state index in [1.165, 1.54) is 0 Å². The summed E-state index contributed by atoms with van der Waals surface area (Å²) in [5.41, 5.74) is 2.07. The molecule has 0 unspecified atom stereocenters. The number of nitrogens with zero attached hydrogens (tertiary/aromatic N) is 3. The first-order valence-corrected chi connectivity index (χ1v) is 6.49. The second-order valence-electron chi connectivity index (χ2n) is 4.20. The lowest BCUT2D eigenvalue weighted by atomic mass is 10.2. The molecule has 2 rings (SSSR count). The highest BCUT2D eigenvalue weighted by atomic mass is 35.5. The smallest absolute Gasteiger partial charge is 0.0964 e. The second kappa shape index (κ2) is 7.23. The molecule has 0 saturated heterocycles. The molecule has 0 spiro atoms. The molecule has 5 nitrogen and oxygen atoms in total. The van der Waals surface area contributed by atoms with Crippen LogP contribution in [-0.2, 0) is 17.8 Å². The molecule has 0 amide bonds. The van der Waals surface area contributed by atoms with Crippen molar-refractivity contribution >= 4 is 11.6 Å². The van der Waals surface area contributed by atoms with Gasteiger partial charge in [0.15, 0.2) is 0 Å². The van der Waals surface area contributed by atoms with Crippen LogP contribution in [0.4, 0.5) is 0 Å². The highest BCUT2D eigenvalue weighted by Gasteiger charge is 2.01. The van der Waals surface area contributed by atoms with E-state index in [2.05, 4.69) is 15.6 Å². The van der Waals surface area contributed by atoms with Crippen molar-refractivity contribution < 1.29 is 4.74 Å². The summed E-state index contributed by atoms with van der Waals surface area (Å²) in [7, 11) is 1.68. The molecule has 102 valence electrons. The summed E-state index contributed by atoms with van der Waals surface area (Å²) in [6, 6.07) is 7.73. The molecule has 0 aliphatic carbocycles. The lowest BCUT2D eigenvalue weighted by molar-refractivity contribution is 0.199. The topological polar surface area (TPSA) is 52.0 Å². The monoisotopic (exact) mass is 280 g/mol. The van der Waals surface area contributed by atoms with Gasteiger partial charge >= 0.3 is 0 Å². The molecule has 1 aromatic heterocycles. The van der Waals surface area contributed by atoms with Gasteiger partial charge in [-0.25, -0.2) is 4.68 Å². The first-order chi connectivity index (χ1) is 9.28. The van der Waals surface area contributed by atoms with Gasteiger partial charge in [0.25, 0.3) is 0 Å². The Labute approximate surface area is 117 Å². The Bertz CT molecular complexity index is 498. The predicted octanol–water partition coefficient (Wildman–Crippen LogP) is 1.72. The first-order valence-electron chi connectivity index (χ1n) is 6.11. The van der Waals surface area contributed by atoms with Gasteiger partial charge in [0.05, 0.1) is 25.0 Å². The Morgan fingerprint density at radius 3 is 2.84 bits per heavy atom. The SMILES string of the molecule is COCCNCc1cn(Cc2ccc(Cl)cc2)nn1. The molecular formula is C13H17ClN4O. The van der Waals surface area contributed by atoms with Crippen LogP contribution in [0, 0.1) is 0 Å². The Morgan fingerprint density at radius 2 is 2.11 bits per heavy atom. The third kappa shape index (κ3) is 4.63. The van der Waals surface area contributed by atoms with Gasteiger partial charge in [-0.2, -0.15) is 0 Å². The van der Waals surface area contributed by atoms with E-state index in [-0.39, 0.29) is 0 Å². The van der Waals surface area contributed by atoms with Gasteiger partial charge in [0.1, 0.15) is 0 Å². The van der Waals surface area contributed by atoms with Crippen LogP contribution in [0.5, 0.6) is 0 Å². The van der Waals surface area contributed by atoms with E-state index in [0.717, 1.165) is 22.8 Å². The number of benzene rings is 1. The molecule has 2 aromatic rings. The second-order valence-corrected chi connectivity index (χ2v) is 4.64. The number of rotatable bonds is 7. The van der Waals surface area contributed by atoms with E-state index in [1.54, 1.807) is 7.11 Å². The number of halogens is 1. The van der Waals surface area contributed by atoms with Gasteiger partial charge in [-0.15, -0.1) is 5.10 Å². The number of ether oxygens (including phenoxy) is 1. The highest BCUT2D eigenvalue weighted by Crippen LogP contribution is 2.10. The molecule has 0 radical (unpaired) electrons. The number of nitrogens with one attached hydrogen (secondary N) is 1. The number of aromatic nitrogens is 3. The van der Waals surface area contributed by atoms with Crippen LogP contribution in [0.1, 0.15) is 11.3 Å². The summed E-state index contributed by atoms with van der Waals surface area (Å²) in [6.45, 7) is 2.89. The predicted molar refractivity (Wildman–Crippen MR) is 74.2 cm³/mol. The molecule has 0 bridgehead atoms. The average molecular weight is 281 g/mol. The summed E-state index contributed by atoms with van der Waals surface area (Å²) in [5, 5.41) is 12.2. The maximum atomic E-state index is 5.85. The van der Waals surface area contributed by atoms with E-state index < -0.39 is 0 Å². The zero-order valence-electron chi connectivity index (χ0n) is 10.8. The zero-order chi connectivity index (χ0) is 13.5. The van der Waals surface area contributed by atoms with E-state index in [9.17, 15) is 0 Å². The van der Waals surface area contributed by atoms with Gasteiger partial charge in [0.2, 0.25) is 0 Å². The van der Waals surface area contributed by atoms with Crippen LogP contribution in [-0.4, -0.2) is 35.3 Å².